The second-order valence-corrected chi connectivity index (χ2v) is 5.25. The number of esters is 1. The van der Waals surface area contributed by atoms with Gasteiger partial charge in [0.15, 0.2) is 5.78 Å². The van der Waals surface area contributed by atoms with Gasteiger partial charge in [-0.1, -0.05) is 6.07 Å². The van der Waals surface area contributed by atoms with Crippen LogP contribution in [0.15, 0.2) is 54.4 Å². The lowest BCUT2D eigenvalue weighted by Crippen LogP contribution is -2.08. The molecule has 1 aromatic carbocycles. The molecule has 0 aliphatic carbocycles. The predicted octanol–water partition coefficient (Wildman–Crippen LogP) is 3.40. The standard InChI is InChI=1S/C19H17F2NO4/c1-2-26-19(25)18(24)11-14(23)9-8-13-5-4-10-22(13)12-15-16(20)6-3-7-17(15)21/h3-11,24H,2,12H2,1H3/b9-8+,18-11-. The SMILES string of the molecule is CCOC(=O)/C(O)=C/C(=O)/C=C/c1cccn1Cc1c(F)cccc1F. The molecule has 0 atom stereocenters. The van der Waals surface area contributed by atoms with Crippen LogP contribution in [-0.2, 0) is 20.9 Å². The summed E-state index contributed by atoms with van der Waals surface area (Å²) in [6, 6.07) is 6.94. The molecule has 2 aromatic rings. The first-order chi connectivity index (χ1) is 12.4. The highest BCUT2D eigenvalue weighted by Crippen LogP contribution is 2.16. The highest BCUT2D eigenvalue weighted by Gasteiger charge is 2.11. The van der Waals surface area contributed by atoms with Crippen LogP contribution in [0.1, 0.15) is 18.2 Å². The normalized spacial score (nSPS) is 11.7. The average molecular weight is 361 g/mol. The molecule has 0 saturated carbocycles. The number of ketones is 1. The molecule has 26 heavy (non-hydrogen) atoms. The molecule has 5 nitrogen and oxygen atoms in total. The van der Waals surface area contributed by atoms with Crippen LogP contribution in [0.4, 0.5) is 8.78 Å². The van der Waals surface area contributed by atoms with Crippen molar-refractivity contribution in [3.8, 4) is 0 Å². The van der Waals surface area contributed by atoms with Crippen LogP contribution in [0, 0.1) is 11.6 Å². The number of ether oxygens (including phenoxy) is 1. The van der Waals surface area contributed by atoms with E-state index < -0.39 is 29.1 Å². The van der Waals surface area contributed by atoms with Gasteiger partial charge < -0.3 is 14.4 Å². The molecular formula is C19H17F2NO4. The average Bonchev–Trinajstić information content (AvgIpc) is 3.04. The predicted molar refractivity (Wildman–Crippen MR) is 91.3 cm³/mol. The molecule has 0 unspecified atom stereocenters. The van der Waals surface area contributed by atoms with Gasteiger partial charge in [0.05, 0.1) is 13.2 Å². The number of aliphatic hydroxyl groups is 1. The largest absolute Gasteiger partial charge is 0.502 e. The third-order valence-electron chi connectivity index (χ3n) is 3.44. The molecule has 1 N–H and O–H groups in total. The number of carbonyl (C=O) groups is 2. The summed E-state index contributed by atoms with van der Waals surface area (Å²) in [7, 11) is 0. The molecule has 0 saturated heterocycles. The second kappa shape index (κ2) is 8.75. The third-order valence-corrected chi connectivity index (χ3v) is 3.44. The monoisotopic (exact) mass is 361 g/mol. The quantitative estimate of drug-likeness (QED) is 0.466. The smallest absolute Gasteiger partial charge is 0.373 e. The Hall–Kier alpha value is -3.22. The van der Waals surface area contributed by atoms with E-state index in [0.717, 1.165) is 12.2 Å². The first-order valence-corrected chi connectivity index (χ1v) is 7.80. The van der Waals surface area contributed by atoms with E-state index in [1.807, 2.05) is 0 Å². The first-order valence-electron chi connectivity index (χ1n) is 7.80. The van der Waals surface area contributed by atoms with Crippen molar-refractivity contribution in [2.75, 3.05) is 6.61 Å². The van der Waals surface area contributed by atoms with Crippen LogP contribution < -0.4 is 0 Å². The molecule has 0 spiro atoms. The second-order valence-electron chi connectivity index (χ2n) is 5.25. The zero-order valence-corrected chi connectivity index (χ0v) is 14.0. The number of aliphatic hydroxyl groups excluding tert-OH is 1. The van der Waals surface area contributed by atoms with Crippen LogP contribution in [0.2, 0.25) is 0 Å². The molecule has 0 fully saturated rings. The fourth-order valence-corrected chi connectivity index (χ4v) is 2.19. The van der Waals surface area contributed by atoms with Gasteiger partial charge in [0, 0.05) is 23.5 Å². The maximum Gasteiger partial charge on any atom is 0.373 e. The van der Waals surface area contributed by atoms with Gasteiger partial charge >= 0.3 is 5.97 Å². The first kappa shape index (κ1) is 19.1. The summed E-state index contributed by atoms with van der Waals surface area (Å²) >= 11 is 0. The maximum atomic E-state index is 13.8. The van der Waals surface area contributed by atoms with E-state index in [1.165, 1.54) is 24.3 Å². The molecule has 1 heterocycles. The minimum Gasteiger partial charge on any atom is -0.502 e. The number of carbonyl (C=O) groups excluding carboxylic acids is 2. The maximum absolute atomic E-state index is 13.8. The molecule has 7 heteroatoms. The number of hydrogen-bond acceptors (Lipinski definition) is 4. The summed E-state index contributed by atoms with van der Waals surface area (Å²) in [5.74, 6) is -3.75. The lowest BCUT2D eigenvalue weighted by Gasteiger charge is -2.08. The summed E-state index contributed by atoms with van der Waals surface area (Å²) in [5.41, 5.74) is 0.426. The highest BCUT2D eigenvalue weighted by molar-refractivity contribution is 6.05. The highest BCUT2D eigenvalue weighted by atomic mass is 19.1. The molecule has 0 amide bonds. The molecular weight excluding hydrogens is 344 g/mol. The minimum absolute atomic E-state index is 0.0523. The molecule has 0 radical (unpaired) electrons. The Morgan fingerprint density at radius 2 is 1.88 bits per heavy atom. The summed E-state index contributed by atoms with van der Waals surface area (Å²) < 4.78 is 33.6. The van der Waals surface area contributed by atoms with Gasteiger partial charge in [-0.25, -0.2) is 13.6 Å². The zero-order chi connectivity index (χ0) is 19.1. The van der Waals surface area contributed by atoms with Gasteiger partial charge in [0.25, 0.3) is 0 Å². The molecule has 2 rings (SSSR count). The van der Waals surface area contributed by atoms with Crippen molar-refractivity contribution in [3.63, 3.8) is 0 Å². The number of hydrogen-bond donors (Lipinski definition) is 1. The van der Waals surface area contributed by atoms with Gasteiger partial charge in [-0.05, 0) is 43.3 Å². The van der Waals surface area contributed by atoms with E-state index in [1.54, 1.807) is 29.8 Å². The number of nitrogens with zero attached hydrogens (tertiary/aromatic N) is 1. The Morgan fingerprint density at radius 3 is 2.54 bits per heavy atom. The van der Waals surface area contributed by atoms with E-state index in [0.29, 0.717) is 5.69 Å². The minimum atomic E-state index is -0.993. The summed E-state index contributed by atoms with van der Waals surface area (Å²) in [6.45, 7) is 1.59. The van der Waals surface area contributed by atoms with E-state index in [9.17, 15) is 23.5 Å². The summed E-state index contributed by atoms with van der Waals surface area (Å²) in [4.78, 5) is 23.0. The van der Waals surface area contributed by atoms with E-state index in [2.05, 4.69) is 4.74 Å². The molecule has 1 aromatic heterocycles. The number of benzene rings is 1. The van der Waals surface area contributed by atoms with Gasteiger partial charge in [-0.2, -0.15) is 0 Å². The van der Waals surface area contributed by atoms with Gasteiger partial charge in [0.1, 0.15) is 11.6 Å². The summed E-state index contributed by atoms with van der Waals surface area (Å²) in [5, 5.41) is 9.43. The van der Waals surface area contributed by atoms with Crippen molar-refractivity contribution < 1.29 is 28.2 Å². The Morgan fingerprint density at radius 1 is 1.19 bits per heavy atom. The molecule has 0 aliphatic heterocycles. The van der Waals surface area contributed by atoms with Crippen LogP contribution in [0.3, 0.4) is 0 Å². The fourth-order valence-electron chi connectivity index (χ4n) is 2.19. The van der Waals surface area contributed by atoms with E-state index in [-0.39, 0.29) is 18.7 Å². The zero-order valence-electron chi connectivity index (χ0n) is 14.0. The van der Waals surface area contributed by atoms with E-state index >= 15 is 0 Å². The number of aromatic nitrogens is 1. The van der Waals surface area contributed by atoms with Gasteiger partial charge in [-0.3, -0.25) is 4.79 Å². The van der Waals surface area contributed by atoms with Crippen molar-refractivity contribution in [3.05, 3.63) is 77.3 Å². The van der Waals surface area contributed by atoms with Crippen LogP contribution in [0.5, 0.6) is 0 Å². The lowest BCUT2D eigenvalue weighted by atomic mass is 10.2. The Balaban J connectivity index is 2.13. The van der Waals surface area contributed by atoms with Crippen LogP contribution in [0.25, 0.3) is 6.08 Å². The summed E-state index contributed by atoms with van der Waals surface area (Å²) in [6.07, 6.45) is 4.88. The number of rotatable bonds is 7. The van der Waals surface area contributed by atoms with Crippen molar-refractivity contribution in [1.82, 2.24) is 4.57 Å². The van der Waals surface area contributed by atoms with Crippen LogP contribution >= 0.6 is 0 Å². The van der Waals surface area contributed by atoms with Crippen LogP contribution in [-0.4, -0.2) is 28.0 Å². The topological polar surface area (TPSA) is 68.5 Å². The Kier molecular flexibility index (Phi) is 6.43. The molecule has 0 bridgehead atoms. The van der Waals surface area contributed by atoms with Crippen molar-refractivity contribution in [2.45, 2.75) is 13.5 Å². The Bertz CT molecular complexity index is 848. The molecule has 0 aliphatic rings. The van der Waals surface area contributed by atoms with Crippen molar-refractivity contribution in [2.24, 2.45) is 0 Å². The Labute approximate surface area is 148 Å². The van der Waals surface area contributed by atoms with Crippen molar-refractivity contribution >= 4 is 17.8 Å². The fraction of sp³-hybridized carbons (Fsp3) is 0.158. The number of halogens is 2. The van der Waals surface area contributed by atoms with E-state index in [4.69, 9.17) is 0 Å². The van der Waals surface area contributed by atoms with Gasteiger partial charge in [0.2, 0.25) is 5.76 Å². The van der Waals surface area contributed by atoms with Crippen molar-refractivity contribution in [1.29, 1.82) is 0 Å². The third kappa shape index (κ3) is 4.89. The molecule has 136 valence electrons. The lowest BCUT2D eigenvalue weighted by molar-refractivity contribution is -0.141. The van der Waals surface area contributed by atoms with Gasteiger partial charge in [-0.15, -0.1) is 0 Å². The number of allylic oxidation sites excluding steroid dienone is 2.